The van der Waals surface area contributed by atoms with E-state index in [1.165, 1.54) is 43.3 Å². The van der Waals surface area contributed by atoms with Gasteiger partial charge in [-0.05, 0) is 58.0 Å². The van der Waals surface area contributed by atoms with Crippen molar-refractivity contribution in [2.75, 3.05) is 0 Å². The third-order valence-corrected chi connectivity index (χ3v) is 10.3. The van der Waals surface area contributed by atoms with E-state index in [1.807, 2.05) is 6.07 Å². The Labute approximate surface area is 278 Å². The van der Waals surface area contributed by atoms with Gasteiger partial charge in [-0.2, -0.15) is 0 Å². The van der Waals surface area contributed by atoms with Crippen LogP contribution >= 0.6 is 22.9 Å². The predicted octanol–water partition coefficient (Wildman–Crippen LogP) is 12.1. The molecule has 1 aliphatic rings. The first-order chi connectivity index (χ1) is 22.7. The first kappa shape index (κ1) is 28.6. The molecule has 0 fully saturated rings. The zero-order chi connectivity index (χ0) is 31.0. The van der Waals surface area contributed by atoms with E-state index in [9.17, 15) is 0 Å². The van der Waals surface area contributed by atoms with Crippen molar-refractivity contribution in [2.24, 2.45) is 15.9 Å². The smallest absolute Gasteiger partial charge is 0.156 e. The molecular formula is C42H31ClN2S. The molecule has 0 bridgehead atoms. The maximum atomic E-state index is 6.79. The van der Waals surface area contributed by atoms with Crippen molar-refractivity contribution in [3.63, 3.8) is 0 Å². The largest absolute Gasteiger partial charge is 0.257 e. The van der Waals surface area contributed by atoms with Gasteiger partial charge in [0.1, 0.15) is 0 Å². The Morgan fingerprint density at radius 3 is 1.83 bits per heavy atom. The summed E-state index contributed by atoms with van der Waals surface area (Å²) in [5.41, 5.74) is 9.16. The molecule has 2 heterocycles. The Bertz CT molecular complexity index is 2230. The molecule has 2 unspecified atom stereocenters. The molecule has 222 valence electrons. The fourth-order valence-corrected chi connectivity index (χ4v) is 8.15. The van der Waals surface area contributed by atoms with E-state index >= 15 is 0 Å². The predicted molar refractivity (Wildman–Crippen MR) is 198 cm³/mol. The van der Waals surface area contributed by atoms with Crippen LogP contribution in [0.2, 0.25) is 5.02 Å². The van der Waals surface area contributed by atoms with Crippen LogP contribution < -0.4 is 0 Å². The van der Waals surface area contributed by atoms with Crippen LogP contribution in [0.3, 0.4) is 0 Å². The van der Waals surface area contributed by atoms with Gasteiger partial charge in [0.2, 0.25) is 0 Å². The van der Waals surface area contributed by atoms with Crippen molar-refractivity contribution in [3.8, 4) is 22.3 Å². The summed E-state index contributed by atoms with van der Waals surface area (Å²) in [6, 6.07) is 51.4. The monoisotopic (exact) mass is 630 g/mol. The Balaban J connectivity index is 1.29. The molecule has 7 aromatic rings. The van der Waals surface area contributed by atoms with Gasteiger partial charge in [-0.15, -0.1) is 11.3 Å². The van der Waals surface area contributed by atoms with Gasteiger partial charge in [0.05, 0.1) is 11.8 Å². The van der Waals surface area contributed by atoms with E-state index in [2.05, 4.69) is 146 Å². The third kappa shape index (κ3) is 5.26. The van der Waals surface area contributed by atoms with Gasteiger partial charge >= 0.3 is 0 Å². The second kappa shape index (κ2) is 12.2. The number of amidine groups is 1. The molecular weight excluding hydrogens is 600 g/mol. The molecule has 0 radical (unpaired) electrons. The molecule has 0 aliphatic carbocycles. The summed E-state index contributed by atoms with van der Waals surface area (Å²) in [6.07, 6.45) is 0.910. The first-order valence-corrected chi connectivity index (χ1v) is 16.9. The van der Waals surface area contributed by atoms with Gasteiger partial charge in [-0.25, -0.2) is 4.99 Å². The van der Waals surface area contributed by atoms with Gasteiger partial charge in [0.15, 0.2) is 5.84 Å². The number of rotatable bonds is 6. The minimum Gasteiger partial charge on any atom is -0.257 e. The van der Waals surface area contributed by atoms with Crippen LogP contribution in [0.15, 0.2) is 156 Å². The molecule has 0 amide bonds. The second-order valence-electron chi connectivity index (χ2n) is 11.8. The highest BCUT2D eigenvalue weighted by Crippen LogP contribution is 2.42. The zero-order valence-electron chi connectivity index (χ0n) is 25.4. The maximum Gasteiger partial charge on any atom is 0.156 e. The van der Waals surface area contributed by atoms with Crippen LogP contribution in [0, 0.1) is 5.92 Å². The van der Waals surface area contributed by atoms with Gasteiger partial charge < -0.3 is 0 Å². The van der Waals surface area contributed by atoms with E-state index in [1.54, 1.807) is 11.3 Å². The van der Waals surface area contributed by atoms with E-state index < -0.39 is 0 Å². The van der Waals surface area contributed by atoms with Crippen LogP contribution in [-0.4, -0.2) is 11.5 Å². The maximum absolute atomic E-state index is 6.79. The number of hydrogen-bond acceptors (Lipinski definition) is 3. The minimum atomic E-state index is -0.0925. The lowest BCUT2D eigenvalue weighted by molar-refractivity contribution is 0.532. The first-order valence-electron chi connectivity index (χ1n) is 15.7. The Hall–Kier alpha value is -4.83. The van der Waals surface area contributed by atoms with Crippen LogP contribution in [0.25, 0.3) is 42.4 Å². The van der Waals surface area contributed by atoms with E-state index in [0.717, 1.165) is 33.8 Å². The molecule has 6 aromatic carbocycles. The van der Waals surface area contributed by atoms with E-state index in [0.29, 0.717) is 5.02 Å². The highest BCUT2D eigenvalue weighted by atomic mass is 35.5. The molecule has 0 spiro atoms. The Morgan fingerprint density at radius 2 is 1.17 bits per heavy atom. The molecule has 1 aromatic heterocycles. The standard InChI is InChI=1S/C42H31ClN2S/c1-2-34-40(31-21-17-29(18-22-31)27-11-5-3-6-12-27)44-42(36-25-33(43)26-38-39(36)35-15-9-10-16-37(35)46-38)45-41(34)32-23-19-30(20-24-32)28-13-7-4-8-14-28/h3-26,34,40H,2H2,1H3. The van der Waals surface area contributed by atoms with Crippen molar-refractivity contribution in [1.82, 2.24) is 0 Å². The molecule has 46 heavy (non-hydrogen) atoms. The topological polar surface area (TPSA) is 24.7 Å². The summed E-state index contributed by atoms with van der Waals surface area (Å²) >= 11 is 8.55. The Kier molecular flexibility index (Phi) is 7.57. The van der Waals surface area contributed by atoms with Gasteiger partial charge in [0.25, 0.3) is 0 Å². The SMILES string of the molecule is CCC1C(c2ccc(-c3ccccc3)cc2)=NC(c2cc(Cl)cc3sc4ccccc4c23)=NC1c1ccc(-c2ccccc2)cc1. The lowest BCUT2D eigenvalue weighted by Crippen LogP contribution is -2.28. The average molecular weight is 631 g/mol. The lowest BCUT2D eigenvalue weighted by Gasteiger charge is -2.30. The fourth-order valence-electron chi connectivity index (χ4n) is 6.69. The van der Waals surface area contributed by atoms with Gasteiger partial charge in [-0.3, -0.25) is 4.99 Å². The highest BCUT2D eigenvalue weighted by Gasteiger charge is 2.32. The average Bonchev–Trinajstić information content (AvgIpc) is 3.50. The van der Waals surface area contributed by atoms with Crippen LogP contribution in [0.5, 0.6) is 0 Å². The summed E-state index contributed by atoms with van der Waals surface area (Å²) in [7, 11) is 0. The molecule has 0 saturated carbocycles. The normalized spacial score (nSPS) is 16.4. The van der Waals surface area contributed by atoms with Crippen LogP contribution in [0.1, 0.15) is 36.1 Å². The summed E-state index contributed by atoms with van der Waals surface area (Å²) in [5, 5.41) is 3.07. The number of fused-ring (bicyclic) bond motifs is 3. The minimum absolute atomic E-state index is 0.0925. The molecule has 2 atom stereocenters. The second-order valence-corrected chi connectivity index (χ2v) is 13.3. The van der Waals surface area contributed by atoms with E-state index in [-0.39, 0.29) is 12.0 Å². The quantitative estimate of drug-likeness (QED) is 0.175. The van der Waals surface area contributed by atoms with Gasteiger partial charge in [-0.1, -0.05) is 146 Å². The highest BCUT2D eigenvalue weighted by molar-refractivity contribution is 7.26. The number of nitrogens with zero attached hydrogens (tertiary/aromatic N) is 2. The number of thiophene rings is 1. The Morgan fingerprint density at radius 1 is 0.609 bits per heavy atom. The van der Waals surface area contributed by atoms with Crippen LogP contribution in [0.4, 0.5) is 0 Å². The van der Waals surface area contributed by atoms with Crippen molar-refractivity contribution in [1.29, 1.82) is 0 Å². The molecule has 4 heteroatoms. The molecule has 1 aliphatic heterocycles. The molecule has 0 N–H and O–H groups in total. The van der Waals surface area contributed by atoms with E-state index in [4.69, 9.17) is 21.6 Å². The van der Waals surface area contributed by atoms with Crippen LogP contribution in [-0.2, 0) is 0 Å². The van der Waals surface area contributed by atoms with Crippen molar-refractivity contribution in [3.05, 3.63) is 167 Å². The summed E-state index contributed by atoms with van der Waals surface area (Å²) in [6.45, 7) is 2.24. The molecule has 2 nitrogen and oxygen atoms in total. The summed E-state index contributed by atoms with van der Waals surface area (Å²) in [5.74, 6) is 0.850. The zero-order valence-corrected chi connectivity index (χ0v) is 27.0. The number of benzene rings is 6. The third-order valence-electron chi connectivity index (χ3n) is 8.99. The number of hydrogen-bond donors (Lipinski definition) is 0. The van der Waals surface area contributed by atoms with Crippen molar-refractivity contribution in [2.45, 2.75) is 19.4 Å². The summed E-state index contributed by atoms with van der Waals surface area (Å²) < 4.78 is 2.38. The number of halogens is 1. The fraction of sp³-hybridized carbons (Fsp3) is 0.0952. The molecule has 8 rings (SSSR count). The van der Waals surface area contributed by atoms with Crippen molar-refractivity contribution >= 4 is 54.7 Å². The van der Waals surface area contributed by atoms with Crippen molar-refractivity contribution < 1.29 is 0 Å². The number of aliphatic imine (C=N–C) groups is 2. The van der Waals surface area contributed by atoms with Gasteiger partial charge in [0, 0.05) is 36.7 Å². The molecule has 0 saturated heterocycles. The lowest BCUT2D eigenvalue weighted by atomic mass is 9.82. The summed E-state index contributed by atoms with van der Waals surface area (Å²) in [4.78, 5) is 10.9.